The fourth-order valence-electron chi connectivity index (χ4n) is 4.80. The van der Waals surface area contributed by atoms with E-state index in [-0.39, 0.29) is 0 Å². The van der Waals surface area contributed by atoms with Crippen molar-refractivity contribution in [3.05, 3.63) is 0 Å². The van der Waals surface area contributed by atoms with E-state index in [1.54, 1.807) is 0 Å². The Morgan fingerprint density at radius 3 is 2.14 bits per heavy atom. The van der Waals surface area contributed by atoms with Gasteiger partial charge in [0.15, 0.2) is 0 Å². The molecule has 21 heavy (non-hydrogen) atoms. The Hall–Kier alpha value is -0.0800. The van der Waals surface area contributed by atoms with Gasteiger partial charge in [-0.1, -0.05) is 33.6 Å². The lowest BCUT2D eigenvalue weighted by atomic mass is 9.69. The van der Waals surface area contributed by atoms with Crippen LogP contribution in [-0.4, -0.2) is 31.1 Å². The van der Waals surface area contributed by atoms with Crippen LogP contribution in [0.3, 0.4) is 0 Å². The highest BCUT2D eigenvalue weighted by molar-refractivity contribution is 4.86. The van der Waals surface area contributed by atoms with E-state index >= 15 is 0 Å². The van der Waals surface area contributed by atoms with Gasteiger partial charge in [0.05, 0.1) is 0 Å². The fraction of sp³-hybridized carbons (Fsp3) is 1.00. The Balaban J connectivity index is 1.80. The Morgan fingerprint density at radius 2 is 1.57 bits per heavy atom. The zero-order valence-electron chi connectivity index (χ0n) is 14.9. The third kappa shape index (κ3) is 4.69. The normalized spacial score (nSPS) is 35.1. The Bertz CT molecular complexity index is 299. The smallest absolute Gasteiger partial charge is 0.0133 e. The quantitative estimate of drug-likeness (QED) is 0.838. The molecule has 124 valence electrons. The van der Waals surface area contributed by atoms with Gasteiger partial charge in [-0.2, -0.15) is 0 Å². The van der Waals surface area contributed by atoms with Crippen molar-refractivity contribution in [3.8, 4) is 0 Å². The van der Waals surface area contributed by atoms with Gasteiger partial charge in [-0.25, -0.2) is 0 Å². The average Bonchev–Trinajstić information content (AvgIpc) is 2.46. The summed E-state index contributed by atoms with van der Waals surface area (Å²) in [5.41, 5.74) is 6.51. The number of hydrogen-bond acceptors (Lipinski definition) is 2. The van der Waals surface area contributed by atoms with Gasteiger partial charge in [0.25, 0.3) is 0 Å². The standard InChI is InChI=1S/C19H38N2/c1-19(2,3)17-11-9-15(10-12-17)14-21(4)18-8-6-5-7-16(18)13-20/h15-18H,5-14,20H2,1-4H3. The Kier molecular flexibility index (Phi) is 6.14. The highest BCUT2D eigenvalue weighted by atomic mass is 15.1. The van der Waals surface area contributed by atoms with Gasteiger partial charge in [-0.3, -0.25) is 0 Å². The predicted octanol–water partition coefficient (Wildman–Crippen LogP) is 4.29. The van der Waals surface area contributed by atoms with Crippen molar-refractivity contribution in [3.63, 3.8) is 0 Å². The van der Waals surface area contributed by atoms with Crippen LogP contribution >= 0.6 is 0 Å². The second kappa shape index (κ2) is 7.46. The van der Waals surface area contributed by atoms with E-state index in [0.717, 1.165) is 30.3 Å². The highest BCUT2D eigenvalue weighted by Gasteiger charge is 2.32. The minimum absolute atomic E-state index is 0.505. The maximum absolute atomic E-state index is 6.00. The zero-order chi connectivity index (χ0) is 15.5. The molecule has 2 heteroatoms. The van der Waals surface area contributed by atoms with E-state index < -0.39 is 0 Å². The van der Waals surface area contributed by atoms with Crippen molar-refractivity contribution < 1.29 is 0 Å². The molecule has 2 aliphatic carbocycles. The number of nitrogens with two attached hydrogens (primary N) is 1. The molecule has 0 saturated heterocycles. The summed E-state index contributed by atoms with van der Waals surface area (Å²) >= 11 is 0. The molecule has 0 aromatic carbocycles. The number of nitrogens with zero attached hydrogens (tertiary/aromatic N) is 1. The Labute approximate surface area is 132 Å². The van der Waals surface area contributed by atoms with Gasteiger partial charge in [0.2, 0.25) is 0 Å². The van der Waals surface area contributed by atoms with Crippen molar-refractivity contribution in [1.29, 1.82) is 0 Å². The summed E-state index contributed by atoms with van der Waals surface area (Å²) in [7, 11) is 2.36. The lowest BCUT2D eigenvalue weighted by molar-refractivity contribution is 0.0864. The van der Waals surface area contributed by atoms with Gasteiger partial charge in [-0.15, -0.1) is 0 Å². The van der Waals surface area contributed by atoms with Crippen LogP contribution in [0.1, 0.15) is 72.1 Å². The molecule has 0 bridgehead atoms. The topological polar surface area (TPSA) is 29.3 Å². The van der Waals surface area contributed by atoms with Crippen molar-refractivity contribution in [2.24, 2.45) is 28.9 Å². The second-order valence-electron chi connectivity index (χ2n) is 8.87. The number of rotatable bonds is 4. The first-order valence-electron chi connectivity index (χ1n) is 9.32. The molecule has 0 amide bonds. The molecule has 0 spiro atoms. The summed E-state index contributed by atoms with van der Waals surface area (Å²) in [4.78, 5) is 2.67. The van der Waals surface area contributed by atoms with Crippen LogP contribution < -0.4 is 5.73 Å². The molecule has 2 saturated carbocycles. The molecule has 0 aromatic heterocycles. The predicted molar refractivity (Wildman–Crippen MR) is 92.3 cm³/mol. The first-order chi connectivity index (χ1) is 9.91. The maximum Gasteiger partial charge on any atom is 0.0133 e. The molecule has 2 rings (SSSR count). The van der Waals surface area contributed by atoms with Gasteiger partial charge in [0, 0.05) is 12.6 Å². The average molecular weight is 295 g/mol. The summed E-state index contributed by atoms with van der Waals surface area (Å²) in [6.45, 7) is 9.43. The third-order valence-electron chi connectivity index (χ3n) is 6.36. The first-order valence-corrected chi connectivity index (χ1v) is 9.32. The van der Waals surface area contributed by atoms with Crippen LogP contribution in [0.15, 0.2) is 0 Å². The van der Waals surface area contributed by atoms with Crippen LogP contribution in [0.5, 0.6) is 0 Å². The van der Waals surface area contributed by atoms with E-state index in [0.29, 0.717) is 5.41 Å². The van der Waals surface area contributed by atoms with Gasteiger partial charge in [0.1, 0.15) is 0 Å². The largest absolute Gasteiger partial charge is 0.330 e. The maximum atomic E-state index is 6.00. The van der Waals surface area contributed by atoms with E-state index in [1.807, 2.05) is 0 Å². The van der Waals surface area contributed by atoms with E-state index in [9.17, 15) is 0 Å². The van der Waals surface area contributed by atoms with Crippen LogP contribution in [0, 0.1) is 23.2 Å². The van der Waals surface area contributed by atoms with Gasteiger partial charge in [-0.05, 0) is 75.3 Å². The minimum atomic E-state index is 0.505. The van der Waals surface area contributed by atoms with E-state index in [2.05, 4.69) is 32.7 Å². The molecule has 0 aromatic rings. The molecule has 2 fully saturated rings. The molecular formula is C19H38N2. The third-order valence-corrected chi connectivity index (χ3v) is 6.36. The van der Waals surface area contributed by atoms with Crippen LogP contribution in [0.4, 0.5) is 0 Å². The van der Waals surface area contributed by atoms with E-state index in [4.69, 9.17) is 5.73 Å². The van der Waals surface area contributed by atoms with Crippen LogP contribution in [0.2, 0.25) is 0 Å². The van der Waals surface area contributed by atoms with Crippen LogP contribution in [0.25, 0.3) is 0 Å². The lowest BCUT2D eigenvalue weighted by Crippen LogP contribution is -2.45. The first kappa shape index (κ1) is 17.3. The van der Waals surface area contributed by atoms with Crippen molar-refractivity contribution >= 4 is 0 Å². The minimum Gasteiger partial charge on any atom is -0.330 e. The summed E-state index contributed by atoms with van der Waals surface area (Å²) in [5.74, 6) is 2.61. The molecule has 2 unspecified atom stereocenters. The number of hydrogen-bond donors (Lipinski definition) is 1. The molecule has 0 radical (unpaired) electrons. The molecule has 0 aliphatic heterocycles. The molecular weight excluding hydrogens is 256 g/mol. The molecule has 2 atom stereocenters. The summed E-state index contributed by atoms with van der Waals surface area (Å²) in [6.07, 6.45) is 11.3. The molecule has 2 aliphatic rings. The monoisotopic (exact) mass is 294 g/mol. The second-order valence-corrected chi connectivity index (χ2v) is 8.87. The summed E-state index contributed by atoms with van der Waals surface area (Å²) in [5, 5.41) is 0. The molecule has 2 nitrogen and oxygen atoms in total. The van der Waals surface area contributed by atoms with Crippen molar-refractivity contribution in [1.82, 2.24) is 4.90 Å². The summed E-state index contributed by atoms with van der Waals surface area (Å²) in [6, 6.07) is 0.754. The van der Waals surface area contributed by atoms with Crippen LogP contribution in [-0.2, 0) is 0 Å². The van der Waals surface area contributed by atoms with Crippen molar-refractivity contribution in [2.45, 2.75) is 78.2 Å². The lowest BCUT2D eigenvalue weighted by Gasteiger charge is -2.42. The highest BCUT2D eigenvalue weighted by Crippen LogP contribution is 2.40. The molecule has 2 N–H and O–H groups in total. The van der Waals surface area contributed by atoms with Gasteiger partial charge >= 0.3 is 0 Å². The van der Waals surface area contributed by atoms with E-state index in [1.165, 1.54) is 57.9 Å². The molecule has 0 heterocycles. The Morgan fingerprint density at radius 1 is 0.952 bits per heavy atom. The fourth-order valence-corrected chi connectivity index (χ4v) is 4.80. The SMILES string of the molecule is CN(CC1CCC(C(C)(C)C)CC1)C1CCCCC1CN. The summed E-state index contributed by atoms with van der Waals surface area (Å²) < 4.78 is 0. The zero-order valence-corrected chi connectivity index (χ0v) is 14.9. The van der Waals surface area contributed by atoms with Crippen molar-refractivity contribution in [2.75, 3.05) is 20.1 Å². The van der Waals surface area contributed by atoms with Gasteiger partial charge < -0.3 is 10.6 Å².